The largest absolute Gasteiger partial charge is 0.573 e. The summed E-state index contributed by atoms with van der Waals surface area (Å²) >= 11 is 7.80. The molecule has 0 radical (unpaired) electrons. The maximum atomic E-state index is 13.4. The summed E-state index contributed by atoms with van der Waals surface area (Å²) in [5.41, 5.74) is 2.07. The van der Waals surface area contributed by atoms with E-state index in [1.807, 2.05) is 11.4 Å². The molecule has 4 rings (SSSR count). The van der Waals surface area contributed by atoms with Gasteiger partial charge in [0.25, 0.3) is 5.91 Å². The summed E-state index contributed by atoms with van der Waals surface area (Å²) < 4.78 is 46.6. The number of amides is 1. The minimum atomic E-state index is -4.76. The standard InChI is InChI=1S/C22H17ClF3NO3S/c1-29-18-7-4-14(12-17(18)23)21(28)27-10-8-19-16(9-11-31-19)20(27)13-2-5-15(6-3-13)30-22(24,25)26/h2-7,9,11-12,20H,8,10H2,1H3. The van der Waals surface area contributed by atoms with Crippen molar-refractivity contribution in [1.82, 2.24) is 4.90 Å². The number of hydrogen-bond acceptors (Lipinski definition) is 4. The Hall–Kier alpha value is -2.71. The van der Waals surface area contributed by atoms with E-state index >= 15 is 0 Å². The molecule has 0 aliphatic carbocycles. The molecule has 1 aliphatic rings. The lowest BCUT2D eigenvalue weighted by atomic mass is 9.92. The SMILES string of the molecule is COc1ccc(C(=O)N2CCc3sccc3C2c2ccc(OC(F)(F)F)cc2)cc1Cl. The third-order valence-electron chi connectivity index (χ3n) is 5.05. The van der Waals surface area contributed by atoms with Crippen LogP contribution in [0.1, 0.15) is 32.4 Å². The first-order valence-corrected chi connectivity index (χ1v) is 10.6. The molecule has 0 spiro atoms. The van der Waals surface area contributed by atoms with Gasteiger partial charge in [-0.1, -0.05) is 23.7 Å². The molecule has 2 aromatic carbocycles. The van der Waals surface area contributed by atoms with Gasteiger partial charge in [0.2, 0.25) is 0 Å². The maximum Gasteiger partial charge on any atom is 0.573 e. The van der Waals surface area contributed by atoms with Crippen LogP contribution < -0.4 is 9.47 Å². The Bertz CT molecular complexity index is 1100. The summed E-state index contributed by atoms with van der Waals surface area (Å²) in [5.74, 6) is -0.0618. The number of benzene rings is 2. The molecule has 2 heterocycles. The fourth-order valence-corrected chi connectivity index (χ4v) is 4.87. The lowest BCUT2D eigenvalue weighted by Gasteiger charge is -2.36. The van der Waals surface area contributed by atoms with E-state index in [2.05, 4.69) is 4.74 Å². The van der Waals surface area contributed by atoms with Gasteiger partial charge in [0.15, 0.2) is 0 Å². The van der Waals surface area contributed by atoms with Crippen molar-refractivity contribution in [1.29, 1.82) is 0 Å². The van der Waals surface area contributed by atoms with Gasteiger partial charge < -0.3 is 14.4 Å². The number of ether oxygens (including phenoxy) is 2. The zero-order valence-corrected chi connectivity index (χ0v) is 17.9. The van der Waals surface area contributed by atoms with Crippen molar-refractivity contribution in [2.45, 2.75) is 18.8 Å². The number of thiophene rings is 1. The van der Waals surface area contributed by atoms with Gasteiger partial charge in [0, 0.05) is 17.0 Å². The molecule has 31 heavy (non-hydrogen) atoms. The topological polar surface area (TPSA) is 38.8 Å². The summed E-state index contributed by atoms with van der Waals surface area (Å²) in [6.07, 6.45) is -4.06. The van der Waals surface area contributed by atoms with E-state index in [1.165, 1.54) is 19.2 Å². The maximum absolute atomic E-state index is 13.4. The minimum absolute atomic E-state index is 0.220. The first-order chi connectivity index (χ1) is 14.8. The molecule has 0 saturated heterocycles. The van der Waals surface area contributed by atoms with Crippen LogP contribution in [0.3, 0.4) is 0 Å². The average molecular weight is 468 g/mol. The molecule has 4 nitrogen and oxygen atoms in total. The smallest absolute Gasteiger partial charge is 0.495 e. The van der Waals surface area contributed by atoms with Crippen molar-refractivity contribution >= 4 is 28.8 Å². The summed E-state index contributed by atoms with van der Waals surface area (Å²) in [4.78, 5) is 16.2. The van der Waals surface area contributed by atoms with Gasteiger partial charge in [0.05, 0.1) is 18.2 Å². The second-order valence-electron chi connectivity index (χ2n) is 6.92. The van der Waals surface area contributed by atoms with Crippen LogP contribution >= 0.6 is 22.9 Å². The van der Waals surface area contributed by atoms with Gasteiger partial charge in [0.1, 0.15) is 11.5 Å². The molecule has 9 heteroatoms. The van der Waals surface area contributed by atoms with E-state index in [0.29, 0.717) is 34.9 Å². The number of nitrogens with zero attached hydrogens (tertiary/aromatic N) is 1. The average Bonchev–Trinajstić information content (AvgIpc) is 3.21. The number of hydrogen-bond donors (Lipinski definition) is 0. The van der Waals surface area contributed by atoms with E-state index in [-0.39, 0.29) is 11.7 Å². The van der Waals surface area contributed by atoms with Crippen LogP contribution in [0.25, 0.3) is 0 Å². The van der Waals surface area contributed by atoms with Crippen molar-refractivity contribution in [3.63, 3.8) is 0 Å². The fraction of sp³-hybridized carbons (Fsp3) is 0.227. The van der Waals surface area contributed by atoms with Crippen LogP contribution in [0.5, 0.6) is 11.5 Å². The van der Waals surface area contributed by atoms with Gasteiger partial charge in [-0.05, 0) is 59.3 Å². The van der Waals surface area contributed by atoms with Crippen molar-refractivity contribution in [3.8, 4) is 11.5 Å². The highest BCUT2D eigenvalue weighted by Crippen LogP contribution is 2.39. The van der Waals surface area contributed by atoms with Gasteiger partial charge in [-0.3, -0.25) is 4.79 Å². The van der Waals surface area contributed by atoms with E-state index in [4.69, 9.17) is 16.3 Å². The van der Waals surface area contributed by atoms with E-state index in [1.54, 1.807) is 46.6 Å². The lowest BCUT2D eigenvalue weighted by Crippen LogP contribution is -2.40. The predicted octanol–water partition coefficient (Wildman–Crippen LogP) is 6.10. The van der Waals surface area contributed by atoms with E-state index in [9.17, 15) is 18.0 Å². The Balaban J connectivity index is 1.69. The first-order valence-electron chi connectivity index (χ1n) is 9.33. The molecule has 1 amide bonds. The minimum Gasteiger partial charge on any atom is -0.495 e. The zero-order chi connectivity index (χ0) is 22.2. The molecule has 1 aromatic heterocycles. The molecule has 0 N–H and O–H groups in total. The lowest BCUT2D eigenvalue weighted by molar-refractivity contribution is -0.274. The highest BCUT2D eigenvalue weighted by Gasteiger charge is 2.34. The molecule has 0 saturated carbocycles. The number of fused-ring (bicyclic) bond motifs is 1. The van der Waals surface area contributed by atoms with Crippen molar-refractivity contribution < 1.29 is 27.4 Å². The van der Waals surface area contributed by atoms with E-state index < -0.39 is 12.4 Å². The number of methoxy groups -OCH3 is 1. The van der Waals surface area contributed by atoms with Crippen LogP contribution in [0.15, 0.2) is 53.9 Å². The molecule has 1 atom stereocenters. The highest BCUT2D eigenvalue weighted by atomic mass is 35.5. The third-order valence-corrected chi connectivity index (χ3v) is 6.35. The second-order valence-corrected chi connectivity index (χ2v) is 8.32. The monoisotopic (exact) mass is 467 g/mol. The summed E-state index contributed by atoms with van der Waals surface area (Å²) in [5, 5.41) is 2.28. The molecule has 0 bridgehead atoms. The summed E-state index contributed by atoms with van der Waals surface area (Å²) in [7, 11) is 1.49. The fourth-order valence-electron chi connectivity index (χ4n) is 3.71. The van der Waals surface area contributed by atoms with Crippen LogP contribution in [-0.2, 0) is 6.42 Å². The Morgan fingerprint density at radius 1 is 1.16 bits per heavy atom. The number of carbonyl (C=O) groups excluding carboxylic acids is 1. The Labute approximate surface area is 185 Å². The first kappa shape index (κ1) is 21.5. The number of carbonyl (C=O) groups is 1. The summed E-state index contributed by atoms with van der Waals surface area (Å²) in [6, 6.07) is 12.0. The molecule has 162 valence electrons. The van der Waals surface area contributed by atoms with E-state index in [0.717, 1.165) is 10.4 Å². The number of halogens is 4. The Morgan fingerprint density at radius 2 is 1.90 bits per heavy atom. The predicted molar refractivity (Wildman–Crippen MR) is 112 cm³/mol. The van der Waals surface area contributed by atoms with Crippen LogP contribution in [-0.4, -0.2) is 30.8 Å². The van der Waals surface area contributed by atoms with Gasteiger partial charge in [-0.25, -0.2) is 0 Å². The van der Waals surface area contributed by atoms with Crippen LogP contribution in [0, 0.1) is 0 Å². The van der Waals surface area contributed by atoms with Crippen LogP contribution in [0.2, 0.25) is 5.02 Å². The molecule has 1 aliphatic heterocycles. The molecule has 0 fully saturated rings. The quantitative estimate of drug-likeness (QED) is 0.465. The number of rotatable bonds is 4. The second kappa shape index (κ2) is 8.43. The van der Waals surface area contributed by atoms with Crippen molar-refractivity contribution in [2.75, 3.05) is 13.7 Å². The van der Waals surface area contributed by atoms with Crippen molar-refractivity contribution in [3.05, 3.63) is 80.5 Å². The Morgan fingerprint density at radius 3 is 2.55 bits per heavy atom. The van der Waals surface area contributed by atoms with Crippen molar-refractivity contribution in [2.24, 2.45) is 0 Å². The van der Waals surface area contributed by atoms with Gasteiger partial charge >= 0.3 is 6.36 Å². The van der Waals surface area contributed by atoms with Gasteiger partial charge in [-0.2, -0.15) is 0 Å². The third kappa shape index (κ3) is 4.50. The van der Waals surface area contributed by atoms with Gasteiger partial charge in [-0.15, -0.1) is 24.5 Å². The van der Waals surface area contributed by atoms with Crippen LogP contribution in [0.4, 0.5) is 13.2 Å². The highest BCUT2D eigenvalue weighted by molar-refractivity contribution is 7.10. The number of alkyl halides is 3. The Kier molecular flexibility index (Phi) is 5.85. The molecular weight excluding hydrogens is 451 g/mol. The molecule has 3 aromatic rings. The molecular formula is C22H17ClF3NO3S. The normalized spacial score (nSPS) is 16.0. The zero-order valence-electron chi connectivity index (χ0n) is 16.3. The molecule has 1 unspecified atom stereocenters. The summed E-state index contributed by atoms with van der Waals surface area (Å²) in [6.45, 7) is 0.474.